The Hall–Kier alpha value is -2.87. The molecule has 0 spiro atoms. The van der Waals surface area contributed by atoms with E-state index >= 15 is 0 Å². The maximum atomic E-state index is 13.2. The van der Waals surface area contributed by atoms with Gasteiger partial charge in [0.25, 0.3) is 11.1 Å². The predicted molar refractivity (Wildman–Crippen MR) is 121 cm³/mol. The quantitative estimate of drug-likeness (QED) is 0.400. The van der Waals surface area contributed by atoms with Crippen LogP contribution in [0.4, 0.5) is 10.1 Å². The van der Waals surface area contributed by atoms with E-state index in [-0.39, 0.29) is 23.5 Å². The minimum Gasteiger partial charge on any atom is -0.481 e. The fourth-order valence-electron chi connectivity index (χ4n) is 3.89. The van der Waals surface area contributed by atoms with Gasteiger partial charge in [0.05, 0.1) is 5.75 Å². The molecule has 1 saturated carbocycles. The van der Waals surface area contributed by atoms with Crippen LogP contribution in [0.3, 0.4) is 0 Å². The number of thioether (sulfide) groups is 1. The third-order valence-corrected chi connectivity index (χ3v) is 6.26. The molecule has 0 radical (unpaired) electrons. The van der Waals surface area contributed by atoms with Crippen molar-refractivity contribution >= 4 is 23.4 Å². The SMILES string of the molecule is C[C@H](Oc1ccc(F)cc1)c1nnc(SCC(=O)N(c2ccccc2)C2CCCCC2)o1. The van der Waals surface area contributed by atoms with E-state index in [2.05, 4.69) is 10.2 Å². The summed E-state index contributed by atoms with van der Waals surface area (Å²) in [6, 6.07) is 15.8. The van der Waals surface area contributed by atoms with Crippen LogP contribution < -0.4 is 9.64 Å². The smallest absolute Gasteiger partial charge is 0.277 e. The van der Waals surface area contributed by atoms with Crippen molar-refractivity contribution in [2.45, 2.75) is 56.4 Å². The summed E-state index contributed by atoms with van der Waals surface area (Å²) in [7, 11) is 0. The Morgan fingerprint density at radius 1 is 1.12 bits per heavy atom. The molecule has 2 aromatic carbocycles. The molecule has 1 heterocycles. The van der Waals surface area contributed by atoms with Gasteiger partial charge in [0.2, 0.25) is 5.91 Å². The van der Waals surface area contributed by atoms with Crippen molar-refractivity contribution in [2.24, 2.45) is 0 Å². The van der Waals surface area contributed by atoms with Crippen LogP contribution in [0.15, 0.2) is 64.2 Å². The average molecular weight is 456 g/mol. The van der Waals surface area contributed by atoms with Gasteiger partial charge in [-0.05, 0) is 56.2 Å². The Morgan fingerprint density at radius 3 is 2.56 bits per heavy atom. The van der Waals surface area contributed by atoms with E-state index in [0.717, 1.165) is 31.4 Å². The van der Waals surface area contributed by atoms with Gasteiger partial charge in [-0.25, -0.2) is 4.39 Å². The number of para-hydroxylation sites is 1. The van der Waals surface area contributed by atoms with Gasteiger partial charge in [-0.3, -0.25) is 4.79 Å². The van der Waals surface area contributed by atoms with Crippen LogP contribution in [-0.2, 0) is 4.79 Å². The normalized spacial score (nSPS) is 15.3. The Kier molecular flexibility index (Phi) is 7.42. The average Bonchev–Trinajstić information content (AvgIpc) is 3.30. The third-order valence-electron chi connectivity index (χ3n) is 5.46. The van der Waals surface area contributed by atoms with Gasteiger partial charge in [-0.15, -0.1) is 10.2 Å². The maximum absolute atomic E-state index is 13.2. The van der Waals surface area contributed by atoms with E-state index in [9.17, 15) is 9.18 Å². The highest BCUT2D eigenvalue weighted by Crippen LogP contribution is 2.29. The van der Waals surface area contributed by atoms with E-state index in [1.165, 1.54) is 30.3 Å². The number of rotatable bonds is 8. The molecule has 8 heteroatoms. The number of nitrogens with zero attached hydrogens (tertiary/aromatic N) is 3. The van der Waals surface area contributed by atoms with Crippen LogP contribution in [0.2, 0.25) is 0 Å². The molecule has 1 fully saturated rings. The second-order valence-electron chi connectivity index (χ2n) is 7.80. The number of amides is 1. The van der Waals surface area contributed by atoms with Crippen molar-refractivity contribution in [3.05, 3.63) is 66.3 Å². The molecule has 0 saturated heterocycles. The minimum absolute atomic E-state index is 0.0310. The summed E-state index contributed by atoms with van der Waals surface area (Å²) in [4.78, 5) is 15.1. The predicted octanol–water partition coefficient (Wildman–Crippen LogP) is 5.81. The Bertz CT molecular complexity index is 1010. The van der Waals surface area contributed by atoms with Crippen molar-refractivity contribution in [3.63, 3.8) is 0 Å². The monoisotopic (exact) mass is 455 g/mol. The van der Waals surface area contributed by atoms with E-state index in [1.807, 2.05) is 35.2 Å². The molecule has 1 aromatic heterocycles. The largest absolute Gasteiger partial charge is 0.481 e. The second kappa shape index (κ2) is 10.6. The molecule has 3 aromatic rings. The zero-order valence-corrected chi connectivity index (χ0v) is 18.8. The minimum atomic E-state index is -0.499. The molecule has 4 rings (SSSR count). The molecule has 0 unspecified atom stereocenters. The van der Waals surface area contributed by atoms with Crippen LogP contribution in [-0.4, -0.2) is 27.9 Å². The lowest BCUT2D eigenvalue weighted by Gasteiger charge is -2.34. The van der Waals surface area contributed by atoms with Crippen molar-refractivity contribution in [1.82, 2.24) is 10.2 Å². The van der Waals surface area contributed by atoms with Crippen LogP contribution in [0, 0.1) is 5.82 Å². The van der Waals surface area contributed by atoms with E-state index in [0.29, 0.717) is 16.9 Å². The van der Waals surface area contributed by atoms with Crippen molar-refractivity contribution in [2.75, 3.05) is 10.7 Å². The van der Waals surface area contributed by atoms with Crippen molar-refractivity contribution in [1.29, 1.82) is 0 Å². The molecule has 6 nitrogen and oxygen atoms in total. The third kappa shape index (κ3) is 5.68. The van der Waals surface area contributed by atoms with Crippen LogP contribution in [0.5, 0.6) is 5.75 Å². The summed E-state index contributed by atoms with van der Waals surface area (Å²) < 4.78 is 24.5. The van der Waals surface area contributed by atoms with Crippen LogP contribution in [0.1, 0.15) is 51.0 Å². The Labute approximate surface area is 191 Å². The number of carbonyl (C=O) groups excluding carboxylic acids is 1. The molecule has 1 aliphatic rings. The summed E-state index contributed by atoms with van der Waals surface area (Å²) in [6.07, 6.45) is 5.06. The molecule has 1 atom stereocenters. The fourth-order valence-corrected chi connectivity index (χ4v) is 4.52. The molecule has 1 aliphatic carbocycles. The lowest BCUT2D eigenvalue weighted by molar-refractivity contribution is -0.116. The highest BCUT2D eigenvalue weighted by atomic mass is 32.2. The van der Waals surface area contributed by atoms with Gasteiger partial charge in [0.1, 0.15) is 11.6 Å². The molecule has 0 bridgehead atoms. The van der Waals surface area contributed by atoms with Crippen LogP contribution >= 0.6 is 11.8 Å². The van der Waals surface area contributed by atoms with Gasteiger partial charge in [-0.2, -0.15) is 0 Å². The van der Waals surface area contributed by atoms with Gasteiger partial charge in [0, 0.05) is 11.7 Å². The molecule has 1 amide bonds. The summed E-state index contributed by atoms with van der Waals surface area (Å²) in [5.41, 5.74) is 0.928. The van der Waals surface area contributed by atoms with Gasteiger partial charge in [0.15, 0.2) is 6.10 Å². The number of benzene rings is 2. The van der Waals surface area contributed by atoms with Crippen LogP contribution in [0.25, 0.3) is 0 Å². The number of hydrogen-bond acceptors (Lipinski definition) is 6. The summed E-state index contributed by atoms with van der Waals surface area (Å²) in [6.45, 7) is 1.77. The van der Waals surface area contributed by atoms with E-state index < -0.39 is 6.10 Å². The molecule has 0 N–H and O–H groups in total. The van der Waals surface area contributed by atoms with E-state index in [4.69, 9.17) is 9.15 Å². The molecular formula is C24H26FN3O3S. The number of carbonyl (C=O) groups is 1. The van der Waals surface area contributed by atoms with Gasteiger partial charge in [-0.1, -0.05) is 49.2 Å². The Balaban J connectivity index is 1.38. The Morgan fingerprint density at radius 2 is 1.84 bits per heavy atom. The second-order valence-corrected chi connectivity index (χ2v) is 8.73. The zero-order valence-electron chi connectivity index (χ0n) is 17.9. The van der Waals surface area contributed by atoms with Gasteiger partial charge >= 0.3 is 0 Å². The lowest BCUT2D eigenvalue weighted by Crippen LogP contribution is -2.42. The summed E-state index contributed by atoms with van der Waals surface area (Å²) in [5.74, 6) is 0.719. The van der Waals surface area contributed by atoms with Crippen molar-refractivity contribution < 1.29 is 18.3 Å². The highest BCUT2D eigenvalue weighted by Gasteiger charge is 2.27. The first-order chi connectivity index (χ1) is 15.6. The number of ether oxygens (including phenoxy) is 1. The number of halogens is 1. The summed E-state index contributed by atoms with van der Waals surface area (Å²) in [5, 5.41) is 8.40. The van der Waals surface area contributed by atoms with Gasteiger partial charge < -0.3 is 14.1 Å². The standard InChI is InChI=1S/C24H26FN3O3S/c1-17(30-21-14-12-18(25)13-15-21)23-26-27-24(31-23)32-16-22(29)28(19-8-4-2-5-9-19)20-10-6-3-7-11-20/h2,4-5,8-9,12-15,17,20H,3,6-7,10-11,16H2,1H3/t17-/m0/s1. The molecule has 32 heavy (non-hydrogen) atoms. The maximum Gasteiger partial charge on any atom is 0.277 e. The number of hydrogen-bond donors (Lipinski definition) is 0. The highest BCUT2D eigenvalue weighted by molar-refractivity contribution is 7.99. The number of anilines is 1. The first-order valence-corrected chi connectivity index (χ1v) is 11.8. The summed E-state index contributed by atoms with van der Waals surface area (Å²) >= 11 is 1.23. The topological polar surface area (TPSA) is 68.5 Å². The van der Waals surface area contributed by atoms with Crippen molar-refractivity contribution in [3.8, 4) is 5.75 Å². The number of aromatic nitrogens is 2. The zero-order chi connectivity index (χ0) is 22.3. The lowest BCUT2D eigenvalue weighted by atomic mass is 9.93. The fraction of sp³-hybridized carbons (Fsp3) is 0.375. The first-order valence-electron chi connectivity index (χ1n) is 10.9. The van der Waals surface area contributed by atoms with E-state index in [1.54, 1.807) is 19.1 Å². The molecular weight excluding hydrogens is 429 g/mol. The molecule has 168 valence electrons. The first kappa shape index (κ1) is 22.3. The molecule has 0 aliphatic heterocycles.